The summed E-state index contributed by atoms with van der Waals surface area (Å²) in [7, 11) is 0. The molecular formula is C13H18O3. The van der Waals surface area contributed by atoms with E-state index in [1.54, 1.807) is 6.07 Å². The van der Waals surface area contributed by atoms with Gasteiger partial charge in [0.1, 0.15) is 5.75 Å². The van der Waals surface area contributed by atoms with Crippen LogP contribution in [0.5, 0.6) is 17.2 Å². The minimum Gasteiger partial charge on any atom is -0.504 e. The topological polar surface area (TPSA) is 49.7 Å². The lowest BCUT2D eigenvalue weighted by Gasteiger charge is -2.26. The molecule has 88 valence electrons. The van der Waals surface area contributed by atoms with Crippen LogP contribution < -0.4 is 4.74 Å². The van der Waals surface area contributed by atoms with Gasteiger partial charge in [-0.2, -0.15) is 0 Å². The van der Waals surface area contributed by atoms with Gasteiger partial charge in [-0.1, -0.05) is 19.8 Å². The van der Waals surface area contributed by atoms with Gasteiger partial charge < -0.3 is 14.9 Å². The monoisotopic (exact) mass is 222 g/mol. The van der Waals surface area contributed by atoms with E-state index in [0.717, 1.165) is 30.6 Å². The van der Waals surface area contributed by atoms with Gasteiger partial charge in [-0.3, -0.25) is 0 Å². The van der Waals surface area contributed by atoms with Crippen molar-refractivity contribution < 1.29 is 14.9 Å². The summed E-state index contributed by atoms with van der Waals surface area (Å²) < 4.78 is 5.80. The Labute approximate surface area is 95.7 Å². The van der Waals surface area contributed by atoms with Crippen LogP contribution >= 0.6 is 0 Å². The van der Waals surface area contributed by atoms with Gasteiger partial charge in [0, 0.05) is 6.07 Å². The van der Waals surface area contributed by atoms with Gasteiger partial charge in [-0.05, 0) is 30.9 Å². The van der Waals surface area contributed by atoms with Crippen LogP contribution in [0.25, 0.3) is 0 Å². The molecule has 0 aliphatic carbocycles. The first-order chi connectivity index (χ1) is 7.70. The zero-order valence-electron chi connectivity index (χ0n) is 9.57. The lowest BCUT2D eigenvalue weighted by molar-refractivity contribution is 0.160. The van der Waals surface area contributed by atoms with Crippen LogP contribution in [0, 0.1) is 0 Å². The third-order valence-electron chi connectivity index (χ3n) is 3.07. The van der Waals surface area contributed by atoms with Crippen LogP contribution in [0.1, 0.15) is 38.2 Å². The van der Waals surface area contributed by atoms with E-state index in [0.29, 0.717) is 0 Å². The summed E-state index contributed by atoms with van der Waals surface area (Å²) in [4.78, 5) is 0. The van der Waals surface area contributed by atoms with E-state index in [-0.39, 0.29) is 17.6 Å². The molecule has 0 amide bonds. The molecule has 1 atom stereocenters. The molecule has 1 aromatic rings. The van der Waals surface area contributed by atoms with Gasteiger partial charge in [-0.15, -0.1) is 0 Å². The summed E-state index contributed by atoms with van der Waals surface area (Å²) in [5.74, 6) is 0.562. The molecule has 2 rings (SSSR count). The summed E-state index contributed by atoms with van der Waals surface area (Å²) in [5.41, 5.74) is 0.989. The summed E-state index contributed by atoms with van der Waals surface area (Å²) in [5, 5.41) is 18.8. The highest BCUT2D eigenvalue weighted by molar-refractivity contribution is 5.49. The van der Waals surface area contributed by atoms with E-state index in [4.69, 9.17) is 4.74 Å². The van der Waals surface area contributed by atoms with Crippen molar-refractivity contribution in [3.05, 3.63) is 17.7 Å². The van der Waals surface area contributed by atoms with Gasteiger partial charge in [0.2, 0.25) is 0 Å². The van der Waals surface area contributed by atoms with Crippen LogP contribution in [0.3, 0.4) is 0 Å². The van der Waals surface area contributed by atoms with Gasteiger partial charge in [0.25, 0.3) is 0 Å². The second-order valence-corrected chi connectivity index (χ2v) is 4.37. The second kappa shape index (κ2) is 4.64. The summed E-state index contributed by atoms with van der Waals surface area (Å²) in [6.45, 7) is 2.17. The number of phenols is 2. The fraction of sp³-hybridized carbons (Fsp3) is 0.538. The van der Waals surface area contributed by atoms with Crippen LogP contribution in [0.15, 0.2) is 12.1 Å². The van der Waals surface area contributed by atoms with Crippen molar-refractivity contribution in [2.24, 2.45) is 0 Å². The quantitative estimate of drug-likeness (QED) is 0.773. The zero-order valence-corrected chi connectivity index (χ0v) is 9.57. The van der Waals surface area contributed by atoms with E-state index < -0.39 is 0 Å². The average molecular weight is 222 g/mol. The Hall–Kier alpha value is -1.38. The predicted molar refractivity (Wildman–Crippen MR) is 62.0 cm³/mol. The van der Waals surface area contributed by atoms with Crippen LogP contribution in [0.2, 0.25) is 0 Å². The Morgan fingerprint density at radius 2 is 2.06 bits per heavy atom. The molecule has 3 nitrogen and oxygen atoms in total. The maximum absolute atomic E-state index is 9.41. The first kappa shape index (κ1) is 11.1. The SMILES string of the molecule is CCCCC1CCc2cc(O)c(O)cc2O1. The van der Waals surface area contributed by atoms with Crippen molar-refractivity contribution >= 4 is 0 Å². The normalized spacial score (nSPS) is 18.9. The van der Waals surface area contributed by atoms with Crippen LogP contribution in [0.4, 0.5) is 0 Å². The van der Waals surface area contributed by atoms with E-state index in [2.05, 4.69) is 6.92 Å². The van der Waals surface area contributed by atoms with E-state index in [1.807, 2.05) is 0 Å². The molecule has 2 N–H and O–H groups in total. The summed E-state index contributed by atoms with van der Waals surface area (Å²) >= 11 is 0. The highest BCUT2D eigenvalue weighted by atomic mass is 16.5. The van der Waals surface area contributed by atoms with Crippen molar-refractivity contribution in [3.63, 3.8) is 0 Å². The molecule has 0 radical (unpaired) electrons. The van der Waals surface area contributed by atoms with Gasteiger partial charge >= 0.3 is 0 Å². The van der Waals surface area contributed by atoms with E-state index in [1.165, 1.54) is 18.9 Å². The standard InChI is InChI=1S/C13H18O3/c1-2-3-4-10-6-5-9-7-11(14)12(15)8-13(9)16-10/h7-8,10,14-15H,2-6H2,1H3. The highest BCUT2D eigenvalue weighted by Crippen LogP contribution is 2.37. The molecule has 1 aliphatic heterocycles. The molecule has 0 bridgehead atoms. The number of phenolic OH excluding ortho intramolecular Hbond substituents is 2. The molecule has 3 heteroatoms. The molecule has 0 spiro atoms. The zero-order chi connectivity index (χ0) is 11.5. The van der Waals surface area contributed by atoms with Gasteiger partial charge in [0.15, 0.2) is 11.5 Å². The van der Waals surface area contributed by atoms with Crippen molar-refractivity contribution in [3.8, 4) is 17.2 Å². The number of unbranched alkanes of at least 4 members (excludes halogenated alkanes) is 1. The van der Waals surface area contributed by atoms with Crippen molar-refractivity contribution in [1.82, 2.24) is 0 Å². The number of benzene rings is 1. The van der Waals surface area contributed by atoms with Crippen molar-refractivity contribution in [2.75, 3.05) is 0 Å². The maximum Gasteiger partial charge on any atom is 0.161 e. The fourth-order valence-corrected chi connectivity index (χ4v) is 2.10. The molecule has 1 heterocycles. The Kier molecular flexibility index (Phi) is 3.22. The van der Waals surface area contributed by atoms with Gasteiger partial charge in [0.05, 0.1) is 6.10 Å². The minimum atomic E-state index is -0.102. The van der Waals surface area contributed by atoms with Crippen molar-refractivity contribution in [1.29, 1.82) is 0 Å². The fourth-order valence-electron chi connectivity index (χ4n) is 2.10. The molecule has 0 saturated heterocycles. The molecule has 1 aliphatic rings. The third-order valence-corrected chi connectivity index (χ3v) is 3.07. The number of ether oxygens (including phenoxy) is 1. The Balaban J connectivity index is 2.11. The third kappa shape index (κ3) is 2.23. The molecule has 1 aromatic carbocycles. The predicted octanol–water partition coefficient (Wildman–Crippen LogP) is 2.98. The largest absolute Gasteiger partial charge is 0.504 e. The molecule has 0 aromatic heterocycles. The molecule has 0 saturated carbocycles. The molecule has 0 fully saturated rings. The first-order valence-electron chi connectivity index (χ1n) is 5.92. The highest BCUT2D eigenvalue weighted by Gasteiger charge is 2.20. The smallest absolute Gasteiger partial charge is 0.161 e. The number of hydrogen-bond acceptors (Lipinski definition) is 3. The summed E-state index contributed by atoms with van der Waals surface area (Å²) in [6.07, 6.45) is 5.58. The van der Waals surface area contributed by atoms with Crippen molar-refractivity contribution in [2.45, 2.75) is 45.1 Å². The van der Waals surface area contributed by atoms with Gasteiger partial charge in [-0.25, -0.2) is 0 Å². The Morgan fingerprint density at radius 3 is 2.81 bits per heavy atom. The molecule has 16 heavy (non-hydrogen) atoms. The summed E-state index contributed by atoms with van der Waals surface area (Å²) in [6, 6.07) is 3.11. The van der Waals surface area contributed by atoms with E-state index in [9.17, 15) is 10.2 Å². The van der Waals surface area contributed by atoms with E-state index >= 15 is 0 Å². The Morgan fingerprint density at radius 1 is 1.31 bits per heavy atom. The number of aromatic hydroxyl groups is 2. The number of fused-ring (bicyclic) bond motifs is 1. The van der Waals surface area contributed by atoms with Crippen LogP contribution in [-0.2, 0) is 6.42 Å². The minimum absolute atomic E-state index is 0.0608. The number of rotatable bonds is 3. The number of hydrogen-bond donors (Lipinski definition) is 2. The second-order valence-electron chi connectivity index (χ2n) is 4.37. The lowest BCUT2D eigenvalue weighted by Crippen LogP contribution is -2.22. The first-order valence-corrected chi connectivity index (χ1v) is 5.92. The molecule has 1 unspecified atom stereocenters. The Bertz CT molecular complexity index is 374. The number of aryl methyl sites for hydroxylation is 1. The van der Waals surface area contributed by atoms with Crippen LogP contribution in [-0.4, -0.2) is 16.3 Å². The molecular weight excluding hydrogens is 204 g/mol. The lowest BCUT2D eigenvalue weighted by atomic mass is 9.98. The maximum atomic E-state index is 9.41. The average Bonchev–Trinajstić information content (AvgIpc) is 2.28.